The molecule has 1 aromatic heterocycles. The highest BCUT2D eigenvalue weighted by Crippen LogP contribution is 2.15. The second-order valence-corrected chi connectivity index (χ2v) is 6.10. The molecule has 0 radical (unpaired) electrons. The molecule has 19 heavy (non-hydrogen) atoms. The number of likely N-dealkylation sites (N-methyl/N-ethyl adjacent to an activating group) is 1. The van der Waals surface area contributed by atoms with Gasteiger partial charge in [-0.05, 0) is 32.9 Å². The number of nitrogens with zero attached hydrogens (tertiary/aromatic N) is 2. The zero-order valence-electron chi connectivity index (χ0n) is 12.2. The predicted octanol–water partition coefficient (Wildman–Crippen LogP) is 2.04. The number of hydrogen-bond acceptors (Lipinski definition) is 3. The molecule has 2 heterocycles. The fourth-order valence-electron chi connectivity index (χ4n) is 1.99. The van der Waals surface area contributed by atoms with E-state index in [1.807, 2.05) is 19.2 Å². The average molecular weight is 265 g/mol. The molecule has 0 atom stereocenters. The third kappa shape index (κ3) is 3.73. The quantitative estimate of drug-likeness (QED) is 0.906. The fraction of sp³-hybridized carbons (Fsp3) is 0.643. The first-order chi connectivity index (χ1) is 8.85. The molecule has 5 nitrogen and oxygen atoms in total. The van der Waals surface area contributed by atoms with Crippen LogP contribution in [-0.4, -0.2) is 41.5 Å². The summed E-state index contributed by atoms with van der Waals surface area (Å²) in [5.74, 6) is 1.75. The van der Waals surface area contributed by atoms with Crippen LogP contribution in [0.15, 0.2) is 16.5 Å². The van der Waals surface area contributed by atoms with Gasteiger partial charge in [0.1, 0.15) is 11.5 Å². The van der Waals surface area contributed by atoms with Crippen LogP contribution in [0.3, 0.4) is 0 Å². The second kappa shape index (κ2) is 5.25. The van der Waals surface area contributed by atoms with E-state index in [0.29, 0.717) is 13.1 Å². The van der Waals surface area contributed by atoms with Gasteiger partial charge in [-0.3, -0.25) is 0 Å². The minimum atomic E-state index is 0.0700. The fourth-order valence-corrected chi connectivity index (χ4v) is 1.99. The lowest BCUT2D eigenvalue weighted by Gasteiger charge is -2.19. The summed E-state index contributed by atoms with van der Waals surface area (Å²) in [6.07, 6.45) is 0. The van der Waals surface area contributed by atoms with Gasteiger partial charge in [-0.2, -0.15) is 0 Å². The molecule has 0 spiro atoms. The molecule has 1 aliphatic heterocycles. The van der Waals surface area contributed by atoms with Crippen molar-refractivity contribution >= 4 is 6.03 Å². The van der Waals surface area contributed by atoms with Crippen LogP contribution in [0.5, 0.6) is 0 Å². The van der Waals surface area contributed by atoms with Crippen molar-refractivity contribution in [3.05, 3.63) is 23.7 Å². The number of rotatable bonds is 4. The van der Waals surface area contributed by atoms with Gasteiger partial charge in [-0.1, -0.05) is 0 Å². The molecule has 1 fully saturated rings. The molecular weight excluding hydrogens is 242 g/mol. The summed E-state index contributed by atoms with van der Waals surface area (Å²) in [6, 6.07) is 4.00. The molecule has 2 amide bonds. The molecule has 0 saturated carbocycles. The van der Waals surface area contributed by atoms with Gasteiger partial charge in [0.15, 0.2) is 0 Å². The third-order valence-electron chi connectivity index (χ3n) is 3.16. The van der Waals surface area contributed by atoms with Crippen LogP contribution in [0.4, 0.5) is 4.79 Å². The van der Waals surface area contributed by atoms with E-state index in [9.17, 15) is 4.79 Å². The van der Waals surface area contributed by atoms with E-state index in [2.05, 4.69) is 26.1 Å². The van der Waals surface area contributed by atoms with Crippen molar-refractivity contribution in [2.45, 2.75) is 39.4 Å². The Kier molecular flexibility index (Phi) is 3.85. The summed E-state index contributed by atoms with van der Waals surface area (Å²) in [7, 11) is 1.82. The van der Waals surface area contributed by atoms with Gasteiger partial charge in [-0.15, -0.1) is 0 Å². The summed E-state index contributed by atoms with van der Waals surface area (Å²) < 4.78 is 5.75. The highest BCUT2D eigenvalue weighted by molar-refractivity contribution is 5.76. The number of nitrogens with one attached hydrogen (secondary N) is 1. The number of urea groups is 1. The van der Waals surface area contributed by atoms with Crippen LogP contribution in [0.2, 0.25) is 0 Å². The van der Waals surface area contributed by atoms with Crippen molar-refractivity contribution in [1.82, 2.24) is 15.1 Å². The minimum absolute atomic E-state index is 0.0700. The van der Waals surface area contributed by atoms with E-state index < -0.39 is 0 Å². The SMILES string of the molecule is CN1CCN(Cc2ccc(CNC(C)(C)C)o2)C1=O. The topological polar surface area (TPSA) is 48.7 Å². The van der Waals surface area contributed by atoms with Gasteiger partial charge in [0.25, 0.3) is 0 Å². The van der Waals surface area contributed by atoms with E-state index in [1.54, 1.807) is 9.80 Å². The number of carbonyl (C=O) groups is 1. The maximum atomic E-state index is 11.8. The zero-order valence-corrected chi connectivity index (χ0v) is 12.2. The first-order valence-electron chi connectivity index (χ1n) is 6.68. The Balaban J connectivity index is 1.89. The molecule has 0 bridgehead atoms. The van der Waals surface area contributed by atoms with E-state index >= 15 is 0 Å². The predicted molar refractivity (Wildman–Crippen MR) is 73.7 cm³/mol. The molecule has 0 aliphatic carbocycles. The Hall–Kier alpha value is -1.49. The lowest BCUT2D eigenvalue weighted by atomic mass is 10.1. The van der Waals surface area contributed by atoms with Crippen molar-refractivity contribution in [2.24, 2.45) is 0 Å². The van der Waals surface area contributed by atoms with Gasteiger partial charge in [0, 0.05) is 25.7 Å². The first kappa shape index (κ1) is 13.9. The molecule has 5 heteroatoms. The summed E-state index contributed by atoms with van der Waals surface area (Å²) in [6.45, 7) is 9.18. The second-order valence-electron chi connectivity index (χ2n) is 6.10. The Morgan fingerprint density at radius 2 is 1.95 bits per heavy atom. The molecule has 1 aromatic rings. The van der Waals surface area contributed by atoms with Crippen molar-refractivity contribution < 1.29 is 9.21 Å². The monoisotopic (exact) mass is 265 g/mol. The summed E-state index contributed by atoms with van der Waals surface area (Å²) in [4.78, 5) is 15.3. The smallest absolute Gasteiger partial charge is 0.320 e. The standard InChI is InChI=1S/C14H23N3O2/c1-14(2,3)15-9-11-5-6-12(19-11)10-17-8-7-16(4)13(17)18/h5-6,15H,7-10H2,1-4H3. The summed E-state index contributed by atoms with van der Waals surface area (Å²) in [5, 5.41) is 3.38. The first-order valence-corrected chi connectivity index (χ1v) is 6.68. The highest BCUT2D eigenvalue weighted by atomic mass is 16.3. The van der Waals surface area contributed by atoms with Crippen LogP contribution < -0.4 is 5.32 Å². The van der Waals surface area contributed by atoms with E-state index in [1.165, 1.54) is 0 Å². The van der Waals surface area contributed by atoms with Gasteiger partial charge in [0.05, 0.1) is 13.1 Å². The number of furan rings is 1. The Labute approximate surface area is 114 Å². The largest absolute Gasteiger partial charge is 0.463 e. The number of amides is 2. The van der Waals surface area contributed by atoms with Crippen LogP contribution in [0.1, 0.15) is 32.3 Å². The Morgan fingerprint density at radius 1 is 1.26 bits per heavy atom. The van der Waals surface area contributed by atoms with Crippen molar-refractivity contribution in [3.63, 3.8) is 0 Å². The molecule has 2 rings (SSSR count). The van der Waals surface area contributed by atoms with E-state index in [0.717, 1.165) is 24.6 Å². The maximum absolute atomic E-state index is 11.8. The normalized spacial score (nSPS) is 16.5. The lowest BCUT2D eigenvalue weighted by molar-refractivity contribution is 0.193. The minimum Gasteiger partial charge on any atom is -0.463 e. The molecule has 106 valence electrons. The van der Waals surface area contributed by atoms with Crippen molar-refractivity contribution in [3.8, 4) is 0 Å². The highest BCUT2D eigenvalue weighted by Gasteiger charge is 2.25. The van der Waals surface area contributed by atoms with E-state index in [-0.39, 0.29) is 11.6 Å². The Morgan fingerprint density at radius 3 is 2.53 bits per heavy atom. The van der Waals surface area contributed by atoms with Crippen LogP contribution >= 0.6 is 0 Å². The molecular formula is C14H23N3O2. The van der Waals surface area contributed by atoms with Crippen LogP contribution in [-0.2, 0) is 13.1 Å². The van der Waals surface area contributed by atoms with Crippen LogP contribution in [0, 0.1) is 0 Å². The molecule has 0 unspecified atom stereocenters. The Bertz CT molecular complexity index is 448. The van der Waals surface area contributed by atoms with Gasteiger partial charge in [0.2, 0.25) is 0 Å². The molecule has 1 saturated heterocycles. The number of hydrogen-bond donors (Lipinski definition) is 1. The molecule has 1 aliphatic rings. The summed E-state index contributed by atoms with van der Waals surface area (Å²) >= 11 is 0. The lowest BCUT2D eigenvalue weighted by Crippen LogP contribution is -2.34. The van der Waals surface area contributed by atoms with Gasteiger partial charge in [-0.25, -0.2) is 4.79 Å². The molecule has 1 N–H and O–H groups in total. The third-order valence-corrected chi connectivity index (χ3v) is 3.16. The van der Waals surface area contributed by atoms with Crippen molar-refractivity contribution in [1.29, 1.82) is 0 Å². The van der Waals surface area contributed by atoms with Gasteiger partial charge < -0.3 is 19.5 Å². The molecule has 0 aromatic carbocycles. The summed E-state index contributed by atoms with van der Waals surface area (Å²) in [5.41, 5.74) is 0.0700. The van der Waals surface area contributed by atoms with Gasteiger partial charge >= 0.3 is 6.03 Å². The van der Waals surface area contributed by atoms with Crippen LogP contribution in [0.25, 0.3) is 0 Å². The number of carbonyl (C=O) groups excluding carboxylic acids is 1. The average Bonchev–Trinajstić information content (AvgIpc) is 2.88. The zero-order chi connectivity index (χ0) is 14.0. The maximum Gasteiger partial charge on any atom is 0.320 e. The van der Waals surface area contributed by atoms with Crippen molar-refractivity contribution in [2.75, 3.05) is 20.1 Å². The van der Waals surface area contributed by atoms with E-state index in [4.69, 9.17) is 4.42 Å².